The second-order valence-corrected chi connectivity index (χ2v) is 5.42. The van der Waals surface area contributed by atoms with E-state index in [2.05, 4.69) is 15.9 Å². The van der Waals surface area contributed by atoms with E-state index in [0.29, 0.717) is 29.1 Å². The summed E-state index contributed by atoms with van der Waals surface area (Å²) in [6.07, 6.45) is 0.780. The van der Waals surface area contributed by atoms with E-state index in [1.165, 1.54) is 6.07 Å². The molecular formula is C16H17BrFNO2. The molecule has 0 aliphatic rings. The van der Waals surface area contributed by atoms with Crippen LogP contribution in [0.15, 0.2) is 40.9 Å². The van der Waals surface area contributed by atoms with E-state index in [-0.39, 0.29) is 5.82 Å². The molecule has 0 atom stereocenters. The van der Waals surface area contributed by atoms with Crippen LogP contribution in [0.3, 0.4) is 0 Å². The number of halogens is 2. The van der Waals surface area contributed by atoms with Crippen molar-refractivity contribution in [3.05, 3.63) is 57.8 Å². The van der Waals surface area contributed by atoms with Crippen LogP contribution in [0, 0.1) is 5.82 Å². The molecule has 2 N–H and O–H groups in total. The van der Waals surface area contributed by atoms with Crippen molar-refractivity contribution in [1.29, 1.82) is 0 Å². The molecule has 0 saturated heterocycles. The van der Waals surface area contributed by atoms with Crippen molar-refractivity contribution in [1.82, 2.24) is 0 Å². The zero-order valence-corrected chi connectivity index (χ0v) is 13.3. The normalized spacial score (nSPS) is 10.5. The summed E-state index contributed by atoms with van der Waals surface area (Å²) in [5, 5.41) is 0. The molecule has 0 aliphatic heterocycles. The largest absolute Gasteiger partial charge is 0.493 e. The molecule has 21 heavy (non-hydrogen) atoms. The van der Waals surface area contributed by atoms with Gasteiger partial charge in [0.05, 0.1) is 11.6 Å². The highest BCUT2D eigenvalue weighted by Crippen LogP contribution is 2.29. The van der Waals surface area contributed by atoms with Gasteiger partial charge >= 0.3 is 0 Å². The summed E-state index contributed by atoms with van der Waals surface area (Å²) in [7, 11) is 1.60. The first kappa shape index (κ1) is 15.8. The molecule has 0 aromatic heterocycles. The smallest absolute Gasteiger partial charge is 0.161 e. The van der Waals surface area contributed by atoms with E-state index in [9.17, 15) is 4.39 Å². The summed E-state index contributed by atoms with van der Waals surface area (Å²) < 4.78 is 24.7. The van der Waals surface area contributed by atoms with Gasteiger partial charge in [-0.2, -0.15) is 0 Å². The van der Waals surface area contributed by atoms with Gasteiger partial charge in [-0.15, -0.1) is 0 Å². The Labute approximate surface area is 132 Å². The van der Waals surface area contributed by atoms with Crippen molar-refractivity contribution in [2.24, 2.45) is 5.73 Å². The summed E-state index contributed by atoms with van der Waals surface area (Å²) in [6, 6.07) is 10.5. The van der Waals surface area contributed by atoms with Crippen molar-refractivity contribution in [3.63, 3.8) is 0 Å². The molecule has 0 heterocycles. The minimum absolute atomic E-state index is 0.290. The Bertz CT molecular complexity index is 619. The zero-order chi connectivity index (χ0) is 15.2. The van der Waals surface area contributed by atoms with Crippen molar-refractivity contribution < 1.29 is 13.9 Å². The standard InChI is InChI=1S/C16H17BrFNO2/c1-20-15-5-3-11(6-7-19)9-16(15)21-10-12-2-4-14(18)13(17)8-12/h2-5,8-9H,6-7,10,19H2,1H3. The van der Waals surface area contributed by atoms with Crippen LogP contribution in [0.5, 0.6) is 11.5 Å². The third kappa shape index (κ3) is 4.19. The quantitative estimate of drug-likeness (QED) is 0.861. The van der Waals surface area contributed by atoms with Gasteiger partial charge in [-0.05, 0) is 64.3 Å². The number of ether oxygens (including phenoxy) is 2. The lowest BCUT2D eigenvalue weighted by molar-refractivity contribution is 0.284. The average molecular weight is 354 g/mol. The molecule has 0 spiro atoms. The van der Waals surface area contributed by atoms with Gasteiger partial charge in [0.25, 0.3) is 0 Å². The molecular weight excluding hydrogens is 337 g/mol. The molecule has 0 amide bonds. The van der Waals surface area contributed by atoms with Crippen LogP contribution >= 0.6 is 15.9 Å². The Morgan fingerprint density at radius 2 is 1.86 bits per heavy atom. The summed E-state index contributed by atoms with van der Waals surface area (Å²) in [5.41, 5.74) is 7.53. The molecule has 0 bridgehead atoms. The number of hydrogen-bond acceptors (Lipinski definition) is 3. The summed E-state index contributed by atoms with van der Waals surface area (Å²) in [4.78, 5) is 0. The predicted molar refractivity (Wildman–Crippen MR) is 84.2 cm³/mol. The van der Waals surface area contributed by atoms with Gasteiger partial charge in [0.2, 0.25) is 0 Å². The average Bonchev–Trinajstić information content (AvgIpc) is 2.49. The van der Waals surface area contributed by atoms with E-state index in [1.807, 2.05) is 18.2 Å². The summed E-state index contributed by atoms with van der Waals surface area (Å²) in [5.74, 6) is 1.03. The Kier molecular flexibility index (Phi) is 5.59. The monoisotopic (exact) mass is 353 g/mol. The number of nitrogens with two attached hydrogens (primary N) is 1. The molecule has 0 saturated carbocycles. The molecule has 0 aliphatic carbocycles. The maximum Gasteiger partial charge on any atom is 0.161 e. The van der Waals surface area contributed by atoms with Crippen molar-refractivity contribution in [3.8, 4) is 11.5 Å². The topological polar surface area (TPSA) is 44.5 Å². The highest BCUT2D eigenvalue weighted by atomic mass is 79.9. The lowest BCUT2D eigenvalue weighted by Gasteiger charge is -2.12. The molecule has 3 nitrogen and oxygen atoms in total. The number of hydrogen-bond donors (Lipinski definition) is 1. The second kappa shape index (κ2) is 7.43. The number of methoxy groups -OCH3 is 1. The van der Waals surface area contributed by atoms with Crippen LogP contribution in [0.2, 0.25) is 0 Å². The fourth-order valence-electron chi connectivity index (χ4n) is 1.95. The summed E-state index contributed by atoms with van der Waals surface area (Å²) >= 11 is 3.16. The minimum atomic E-state index is -0.290. The third-order valence-corrected chi connectivity index (χ3v) is 3.65. The van der Waals surface area contributed by atoms with Crippen molar-refractivity contribution in [2.75, 3.05) is 13.7 Å². The van der Waals surface area contributed by atoms with Crippen LogP contribution in [-0.4, -0.2) is 13.7 Å². The van der Waals surface area contributed by atoms with Crippen LogP contribution in [0.25, 0.3) is 0 Å². The molecule has 2 aromatic carbocycles. The van der Waals surface area contributed by atoms with Crippen molar-refractivity contribution >= 4 is 15.9 Å². The predicted octanol–water partition coefficient (Wildman–Crippen LogP) is 3.68. The summed E-state index contributed by atoms with van der Waals surface area (Å²) in [6.45, 7) is 0.915. The Morgan fingerprint density at radius 3 is 2.52 bits per heavy atom. The first-order valence-corrected chi connectivity index (χ1v) is 7.37. The van der Waals surface area contributed by atoms with E-state index in [0.717, 1.165) is 17.5 Å². The maximum absolute atomic E-state index is 13.2. The molecule has 5 heteroatoms. The fourth-order valence-corrected chi connectivity index (χ4v) is 2.37. The Morgan fingerprint density at radius 1 is 1.10 bits per heavy atom. The molecule has 112 valence electrons. The van der Waals surface area contributed by atoms with Gasteiger partial charge in [-0.1, -0.05) is 12.1 Å². The van der Waals surface area contributed by atoms with E-state index < -0.39 is 0 Å². The zero-order valence-electron chi connectivity index (χ0n) is 11.7. The molecule has 0 unspecified atom stereocenters. The van der Waals surface area contributed by atoms with Crippen molar-refractivity contribution in [2.45, 2.75) is 13.0 Å². The minimum Gasteiger partial charge on any atom is -0.493 e. The van der Waals surface area contributed by atoms with Gasteiger partial charge in [-0.3, -0.25) is 0 Å². The number of rotatable bonds is 6. The SMILES string of the molecule is COc1ccc(CCN)cc1OCc1ccc(F)c(Br)c1. The Hall–Kier alpha value is -1.59. The Balaban J connectivity index is 2.13. The third-order valence-electron chi connectivity index (χ3n) is 3.04. The van der Waals surface area contributed by atoms with Gasteiger partial charge in [-0.25, -0.2) is 4.39 Å². The van der Waals surface area contributed by atoms with E-state index >= 15 is 0 Å². The lowest BCUT2D eigenvalue weighted by Crippen LogP contribution is -2.04. The maximum atomic E-state index is 13.2. The van der Waals surface area contributed by atoms with Gasteiger partial charge in [0, 0.05) is 0 Å². The molecule has 2 rings (SSSR count). The number of benzene rings is 2. The molecule has 0 fully saturated rings. The highest BCUT2D eigenvalue weighted by molar-refractivity contribution is 9.10. The fraction of sp³-hybridized carbons (Fsp3) is 0.250. The second-order valence-electron chi connectivity index (χ2n) is 4.56. The van der Waals surface area contributed by atoms with Crippen LogP contribution in [0.4, 0.5) is 4.39 Å². The van der Waals surface area contributed by atoms with Crippen LogP contribution < -0.4 is 15.2 Å². The first-order valence-electron chi connectivity index (χ1n) is 6.57. The highest BCUT2D eigenvalue weighted by Gasteiger charge is 2.07. The van der Waals surface area contributed by atoms with Crippen LogP contribution in [-0.2, 0) is 13.0 Å². The van der Waals surface area contributed by atoms with Crippen LogP contribution in [0.1, 0.15) is 11.1 Å². The first-order chi connectivity index (χ1) is 10.1. The van der Waals surface area contributed by atoms with E-state index in [4.69, 9.17) is 15.2 Å². The van der Waals surface area contributed by atoms with E-state index in [1.54, 1.807) is 19.2 Å². The lowest BCUT2D eigenvalue weighted by atomic mass is 10.1. The molecule has 0 radical (unpaired) electrons. The van der Waals surface area contributed by atoms with Gasteiger partial charge < -0.3 is 15.2 Å². The molecule has 2 aromatic rings. The van der Waals surface area contributed by atoms with Gasteiger partial charge in [0.1, 0.15) is 12.4 Å². The van der Waals surface area contributed by atoms with Gasteiger partial charge in [0.15, 0.2) is 11.5 Å².